The number of fused-ring (bicyclic) bond motifs is 1. The van der Waals surface area contributed by atoms with E-state index in [0.717, 1.165) is 22.2 Å². The second-order valence-electron chi connectivity index (χ2n) is 5.06. The van der Waals surface area contributed by atoms with Crippen molar-refractivity contribution in [2.24, 2.45) is 0 Å². The van der Waals surface area contributed by atoms with Crippen molar-refractivity contribution in [3.8, 4) is 17.1 Å². The van der Waals surface area contributed by atoms with E-state index in [1.807, 2.05) is 19.1 Å². The summed E-state index contributed by atoms with van der Waals surface area (Å²) >= 11 is 0. The van der Waals surface area contributed by atoms with Crippen molar-refractivity contribution < 1.29 is 5.11 Å². The Morgan fingerprint density at radius 2 is 1.74 bits per heavy atom. The van der Waals surface area contributed by atoms with Gasteiger partial charge in [-0.15, -0.1) is 0 Å². The number of nitrogens with one attached hydrogen (secondary N) is 1. The smallest absolute Gasteiger partial charge is 0.142 e. The Labute approximate surface area is 111 Å². The number of phenols is 1. The number of hydrogen-bond donors (Lipinski definition) is 2. The fourth-order valence-corrected chi connectivity index (χ4v) is 2.24. The molecule has 0 spiro atoms. The highest BCUT2D eigenvalue weighted by atomic mass is 16.3. The number of hydrogen-bond acceptors (Lipinski definition) is 2. The number of rotatable bonds is 1. The van der Waals surface area contributed by atoms with Gasteiger partial charge in [0.25, 0.3) is 0 Å². The zero-order valence-electron chi connectivity index (χ0n) is 11.3. The van der Waals surface area contributed by atoms with E-state index >= 15 is 0 Å². The molecule has 96 valence electrons. The predicted molar refractivity (Wildman–Crippen MR) is 77.4 cm³/mol. The van der Waals surface area contributed by atoms with Crippen molar-refractivity contribution >= 4 is 11.0 Å². The Balaban J connectivity index is 2.20. The molecule has 0 unspecified atom stereocenters. The summed E-state index contributed by atoms with van der Waals surface area (Å²) in [5.41, 5.74) is 6.15. The lowest BCUT2D eigenvalue weighted by molar-refractivity contribution is 0.476. The number of nitrogens with zero attached hydrogens (tertiary/aromatic N) is 1. The Hall–Kier alpha value is -2.29. The normalized spacial score (nSPS) is 11.1. The summed E-state index contributed by atoms with van der Waals surface area (Å²) in [5, 5.41) is 10.0. The van der Waals surface area contributed by atoms with Crippen LogP contribution in [0, 0.1) is 20.8 Å². The third-order valence-electron chi connectivity index (χ3n) is 3.51. The standard InChI is InChI=1S/C16H16N2O/c1-9-4-5-12(15(19)6-9)16-17-13-7-10(2)11(3)8-14(13)18-16/h4-8,19H,1-3H3,(H,17,18). The van der Waals surface area contributed by atoms with Crippen molar-refractivity contribution in [3.63, 3.8) is 0 Å². The number of phenolic OH excluding ortho intramolecular Hbond substituents is 1. The molecule has 0 radical (unpaired) electrons. The minimum Gasteiger partial charge on any atom is -0.507 e. The molecular weight excluding hydrogens is 236 g/mol. The van der Waals surface area contributed by atoms with Crippen molar-refractivity contribution in [2.45, 2.75) is 20.8 Å². The Kier molecular flexibility index (Phi) is 2.56. The highest BCUT2D eigenvalue weighted by Crippen LogP contribution is 2.29. The van der Waals surface area contributed by atoms with Crippen LogP contribution in [0.4, 0.5) is 0 Å². The van der Waals surface area contributed by atoms with Crippen molar-refractivity contribution in [3.05, 3.63) is 47.0 Å². The summed E-state index contributed by atoms with van der Waals surface area (Å²) in [4.78, 5) is 7.83. The lowest BCUT2D eigenvalue weighted by Gasteiger charge is -2.01. The molecule has 0 atom stereocenters. The van der Waals surface area contributed by atoms with Crippen LogP contribution in [0.3, 0.4) is 0 Å². The van der Waals surface area contributed by atoms with Gasteiger partial charge < -0.3 is 10.1 Å². The molecule has 0 fully saturated rings. The third-order valence-corrected chi connectivity index (χ3v) is 3.51. The molecular formula is C16H16N2O. The van der Waals surface area contributed by atoms with Gasteiger partial charge in [0.1, 0.15) is 11.6 Å². The summed E-state index contributed by atoms with van der Waals surface area (Å²) in [7, 11) is 0. The van der Waals surface area contributed by atoms with Crippen LogP contribution in [0.2, 0.25) is 0 Å². The number of aryl methyl sites for hydroxylation is 3. The zero-order valence-corrected chi connectivity index (χ0v) is 11.3. The van der Waals surface area contributed by atoms with Crippen molar-refractivity contribution in [1.29, 1.82) is 0 Å². The number of aromatic amines is 1. The molecule has 0 saturated carbocycles. The second kappa shape index (κ2) is 4.12. The molecule has 3 aromatic rings. The van der Waals surface area contributed by atoms with Crippen LogP contribution in [0.1, 0.15) is 16.7 Å². The fraction of sp³-hybridized carbons (Fsp3) is 0.188. The molecule has 0 saturated heterocycles. The topological polar surface area (TPSA) is 48.9 Å². The summed E-state index contributed by atoms with van der Waals surface area (Å²) in [5.74, 6) is 0.963. The Morgan fingerprint density at radius 3 is 2.47 bits per heavy atom. The molecule has 1 heterocycles. The predicted octanol–water partition coefficient (Wildman–Crippen LogP) is 3.86. The lowest BCUT2D eigenvalue weighted by atomic mass is 10.1. The number of H-pyrrole nitrogens is 1. The summed E-state index contributed by atoms with van der Waals surface area (Å²) in [6.07, 6.45) is 0. The van der Waals surface area contributed by atoms with Crippen LogP contribution >= 0.6 is 0 Å². The lowest BCUT2D eigenvalue weighted by Crippen LogP contribution is -1.82. The molecule has 0 aliphatic rings. The van der Waals surface area contributed by atoms with Gasteiger partial charge in [0.2, 0.25) is 0 Å². The molecule has 1 aromatic heterocycles. The van der Waals surface area contributed by atoms with Gasteiger partial charge in [-0.3, -0.25) is 0 Å². The van der Waals surface area contributed by atoms with Gasteiger partial charge in [-0.25, -0.2) is 4.98 Å². The number of aromatic hydroxyl groups is 1. The van der Waals surface area contributed by atoms with Crippen LogP contribution in [-0.4, -0.2) is 15.1 Å². The average molecular weight is 252 g/mol. The van der Waals surface area contributed by atoms with Gasteiger partial charge in [-0.05, 0) is 61.7 Å². The van der Waals surface area contributed by atoms with Gasteiger partial charge in [0.15, 0.2) is 0 Å². The van der Waals surface area contributed by atoms with Crippen LogP contribution < -0.4 is 0 Å². The third kappa shape index (κ3) is 1.97. The summed E-state index contributed by atoms with van der Waals surface area (Å²) in [6, 6.07) is 9.77. The first-order chi connectivity index (χ1) is 9.04. The van der Waals surface area contributed by atoms with Crippen LogP contribution in [0.5, 0.6) is 5.75 Å². The molecule has 2 aromatic carbocycles. The van der Waals surface area contributed by atoms with Gasteiger partial charge in [-0.2, -0.15) is 0 Å². The van der Waals surface area contributed by atoms with Gasteiger partial charge in [0, 0.05) is 0 Å². The van der Waals surface area contributed by atoms with E-state index in [0.29, 0.717) is 5.82 Å². The van der Waals surface area contributed by atoms with Gasteiger partial charge >= 0.3 is 0 Å². The zero-order chi connectivity index (χ0) is 13.6. The van der Waals surface area contributed by atoms with Crippen LogP contribution in [0.15, 0.2) is 30.3 Å². The first kappa shape index (κ1) is 11.8. The molecule has 19 heavy (non-hydrogen) atoms. The molecule has 3 nitrogen and oxygen atoms in total. The van der Waals surface area contributed by atoms with Gasteiger partial charge in [0.05, 0.1) is 16.6 Å². The summed E-state index contributed by atoms with van der Waals surface area (Å²) < 4.78 is 0. The molecule has 0 aliphatic carbocycles. The largest absolute Gasteiger partial charge is 0.507 e. The number of benzene rings is 2. The first-order valence-corrected chi connectivity index (χ1v) is 6.31. The maximum Gasteiger partial charge on any atom is 0.142 e. The molecule has 3 heteroatoms. The molecule has 3 rings (SSSR count). The van der Waals surface area contributed by atoms with E-state index in [9.17, 15) is 5.11 Å². The maximum atomic E-state index is 10.0. The van der Waals surface area contributed by atoms with Crippen molar-refractivity contribution in [1.82, 2.24) is 9.97 Å². The number of imidazole rings is 1. The van der Waals surface area contributed by atoms with E-state index < -0.39 is 0 Å². The molecule has 0 amide bonds. The van der Waals surface area contributed by atoms with Crippen LogP contribution in [-0.2, 0) is 0 Å². The molecule has 0 bridgehead atoms. The van der Waals surface area contributed by atoms with E-state index in [-0.39, 0.29) is 5.75 Å². The highest BCUT2D eigenvalue weighted by molar-refractivity contribution is 5.82. The monoisotopic (exact) mass is 252 g/mol. The van der Waals surface area contributed by atoms with E-state index in [4.69, 9.17) is 0 Å². The fourth-order valence-electron chi connectivity index (χ4n) is 2.24. The highest BCUT2D eigenvalue weighted by Gasteiger charge is 2.10. The number of aromatic nitrogens is 2. The Bertz CT molecular complexity index is 733. The van der Waals surface area contributed by atoms with Crippen molar-refractivity contribution in [2.75, 3.05) is 0 Å². The average Bonchev–Trinajstić information content (AvgIpc) is 2.72. The minimum atomic E-state index is 0.257. The Morgan fingerprint density at radius 1 is 1.00 bits per heavy atom. The van der Waals surface area contributed by atoms with E-state index in [2.05, 4.69) is 35.9 Å². The van der Waals surface area contributed by atoms with Gasteiger partial charge in [-0.1, -0.05) is 6.07 Å². The first-order valence-electron chi connectivity index (χ1n) is 6.31. The SMILES string of the molecule is Cc1ccc(-c2nc3cc(C)c(C)cc3[nH]2)c(O)c1. The van der Waals surface area contributed by atoms with E-state index in [1.54, 1.807) is 6.07 Å². The van der Waals surface area contributed by atoms with Crippen LogP contribution in [0.25, 0.3) is 22.4 Å². The summed E-state index contributed by atoms with van der Waals surface area (Å²) in [6.45, 7) is 6.11. The molecule has 0 aliphatic heterocycles. The quantitative estimate of drug-likeness (QED) is 0.691. The molecule has 2 N–H and O–H groups in total. The maximum absolute atomic E-state index is 10.0. The minimum absolute atomic E-state index is 0.257. The van der Waals surface area contributed by atoms with E-state index in [1.165, 1.54) is 11.1 Å². The second-order valence-corrected chi connectivity index (χ2v) is 5.06.